The minimum Gasteiger partial charge on any atom is -0.285 e. The molecular formula is C24H14N6O5S2. The predicted molar refractivity (Wildman–Crippen MR) is 141 cm³/mol. The van der Waals surface area contributed by atoms with Gasteiger partial charge >= 0.3 is 0 Å². The van der Waals surface area contributed by atoms with Crippen molar-refractivity contribution in [2.75, 3.05) is 5.32 Å². The quantitative estimate of drug-likeness (QED) is 0.146. The molecule has 0 radical (unpaired) electrons. The third kappa shape index (κ3) is 5.42. The fourth-order valence-electron chi connectivity index (χ4n) is 3.40. The Hall–Kier alpha value is -4.75. The Bertz CT molecular complexity index is 1550. The molecule has 5 rings (SSSR count). The van der Waals surface area contributed by atoms with E-state index in [4.69, 9.17) is 0 Å². The second-order valence-electron chi connectivity index (χ2n) is 7.53. The van der Waals surface area contributed by atoms with Crippen molar-refractivity contribution < 1.29 is 14.6 Å². The Morgan fingerprint density at radius 3 is 1.84 bits per heavy atom. The molecule has 0 aliphatic rings. The first-order valence-corrected chi connectivity index (χ1v) is 12.2. The maximum Gasteiger partial charge on any atom is 0.292 e. The van der Waals surface area contributed by atoms with Crippen LogP contribution >= 0.6 is 23.1 Å². The van der Waals surface area contributed by atoms with E-state index in [1.165, 1.54) is 35.6 Å². The number of anilines is 1. The molecule has 0 bridgehead atoms. The van der Waals surface area contributed by atoms with Gasteiger partial charge in [0.15, 0.2) is 4.34 Å². The maximum absolute atomic E-state index is 12.8. The molecule has 182 valence electrons. The summed E-state index contributed by atoms with van der Waals surface area (Å²) in [5.74, 6) is 0.00261. The van der Waals surface area contributed by atoms with Crippen molar-refractivity contribution in [1.82, 2.24) is 15.0 Å². The molecule has 0 atom stereocenters. The van der Waals surface area contributed by atoms with Crippen LogP contribution in [0.5, 0.6) is 0 Å². The normalized spacial score (nSPS) is 10.8. The third-order valence-electron chi connectivity index (χ3n) is 5.14. The number of thioether (sulfide) groups is 1. The van der Waals surface area contributed by atoms with Crippen molar-refractivity contribution in [3.63, 3.8) is 0 Å². The Morgan fingerprint density at radius 2 is 1.32 bits per heavy atom. The van der Waals surface area contributed by atoms with Crippen LogP contribution in [0.15, 0.2) is 83.2 Å². The number of nitro benzene ring substituents is 2. The fraction of sp³-hybridized carbons (Fsp3) is 0. The lowest BCUT2D eigenvalue weighted by atomic mass is 10.1. The monoisotopic (exact) mass is 530 g/mol. The lowest BCUT2D eigenvalue weighted by Crippen LogP contribution is -2.09. The van der Waals surface area contributed by atoms with Crippen LogP contribution in [-0.4, -0.2) is 30.0 Å². The summed E-state index contributed by atoms with van der Waals surface area (Å²) in [6.45, 7) is 0. The zero-order valence-corrected chi connectivity index (χ0v) is 20.2. The Kier molecular flexibility index (Phi) is 6.53. The average molecular weight is 531 g/mol. The van der Waals surface area contributed by atoms with Gasteiger partial charge in [-0.25, -0.2) is 15.0 Å². The summed E-state index contributed by atoms with van der Waals surface area (Å²) in [5, 5.41) is 24.3. The van der Waals surface area contributed by atoms with Crippen molar-refractivity contribution in [3.05, 3.63) is 99.1 Å². The van der Waals surface area contributed by atoms with Crippen LogP contribution in [0.3, 0.4) is 0 Å². The van der Waals surface area contributed by atoms with Crippen LogP contribution in [0.4, 0.5) is 22.1 Å². The summed E-state index contributed by atoms with van der Waals surface area (Å²) in [7, 11) is 0. The van der Waals surface area contributed by atoms with Crippen LogP contribution in [0.1, 0.15) is 0 Å². The number of hydrogen-bond acceptors (Lipinski definition) is 10. The molecular weight excluding hydrogens is 516 g/mol. The lowest BCUT2D eigenvalue weighted by molar-refractivity contribution is -0.385. The molecule has 13 heteroatoms. The average Bonchev–Trinajstić information content (AvgIpc) is 3.30. The second-order valence-corrected chi connectivity index (χ2v) is 9.78. The zero-order valence-electron chi connectivity index (χ0n) is 18.6. The van der Waals surface area contributed by atoms with Gasteiger partial charge in [-0.05, 0) is 42.5 Å². The number of carbonyl (C=O) groups excluding carboxylic acids is 1. The molecule has 11 nitrogen and oxygen atoms in total. The first kappa shape index (κ1) is 24.0. The van der Waals surface area contributed by atoms with E-state index in [1.807, 2.05) is 24.3 Å². The number of para-hydroxylation sites is 1. The van der Waals surface area contributed by atoms with Crippen molar-refractivity contribution in [2.45, 2.75) is 4.34 Å². The third-order valence-corrected chi connectivity index (χ3v) is 7.03. The van der Waals surface area contributed by atoms with E-state index in [0.29, 0.717) is 26.9 Å². The molecule has 0 fully saturated rings. The number of thiazole rings is 1. The number of non-ortho nitro benzene ring substituents is 2. The minimum atomic E-state index is -0.503. The minimum absolute atomic E-state index is 0.00261. The van der Waals surface area contributed by atoms with Crippen LogP contribution in [0, 0.1) is 20.2 Å². The number of hydrogen-bond donors (Lipinski definition) is 1. The number of carbonyl (C=O) groups is 1. The highest BCUT2D eigenvalue weighted by molar-refractivity contribution is 8.15. The smallest absolute Gasteiger partial charge is 0.285 e. The molecule has 0 aliphatic carbocycles. The summed E-state index contributed by atoms with van der Waals surface area (Å²) in [6, 6.07) is 20.8. The summed E-state index contributed by atoms with van der Waals surface area (Å²) in [6.07, 6.45) is 0. The van der Waals surface area contributed by atoms with Gasteiger partial charge in [0, 0.05) is 47.2 Å². The molecule has 1 amide bonds. The van der Waals surface area contributed by atoms with E-state index >= 15 is 0 Å². The summed E-state index contributed by atoms with van der Waals surface area (Å²) >= 11 is 2.29. The van der Waals surface area contributed by atoms with Crippen molar-refractivity contribution in [2.24, 2.45) is 0 Å². The van der Waals surface area contributed by atoms with Gasteiger partial charge in [0.05, 0.1) is 31.5 Å². The molecule has 5 aromatic rings. The molecule has 0 unspecified atom stereocenters. The largest absolute Gasteiger partial charge is 0.292 e. The molecule has 0 aliphatic heterocycles. The second kappa shape index (κ2) is 10.1. The summed E-state index contributed by atoms with van der Waals surface area (Å²) < 4.78 is 1.51. The van der Waals surface area contributed by atoms with Crippen LogP contribution in [0.2, 0.25) is 0 Å². The first-order valence-electron chi connectivity index (χ1n) is 10.6. The first-order chi connectivity index (χ1) is 17.9. The number of nitro groups is 2. The van der Waals surface area contributed by atoms with E-state index in [-0.39, 0.29) is 17.3 Å². The van der Waals surface area contributed by atoms with Crippen LogP contribution in [0.25, 0.3) is 32.7 Å². The molecule has 2 aromatic heterocycles. The molecule has 0 saturated carbocycles. The van der Waals surface area contributed by atoms with Gasteiger partial charge in [-0.3, -0.25) is 30.3 Å². The highest BCUT2D eigenvalue weighted by Crippen LogP contribution is 2.31. The van der Waals surface area contributed by atoms with Crippen LogP contribution in [-0.2, 0) is 0 Å². The number of nitrogens with zero attached hydrogens (tertiary/aromatic N) is 5. The number of rotatable bonds is 6. The van der Waals surface area contributed by atoms with E-state index in [0.717, 1.165) is 22.0 Å². The standard InChI is InChI=1S/C24H14N6O5S2/c31-23(37-24-27-18-3-1-2-4-21(18)36-24)28-22-25-19(14-5-9-16(10-6-14)29(32)33)13-20(26-22)15-7-11-17(12-8-15)30(34)35/h1-13H,(H,25,26,28,31). The van der Waals surface area contributed by atoms with Gasteiger partial charge in [-0.1, -0.05) is 12.1 Å². The van der Waals surface area contributed by atoms with E-state index in [1.54, 1.807) is 30.3 Å². The van der Waals surface area contributed by atoms with Gasteiger partial charge in [-0.15, -0.1) is 11.3 Å². The van der Waals surface area contributed by atoms with Gasteiger partial charge in [-0.2, -0.15) is 0 Å². The Balaban J connectivity index is 1.47. The maximum atomic E-state index is 12.8. The number of nitrogens with one attached hydrogen (secondary N) is 1. The molecule has 3 aromatic carbocycles. The molecule has 37 heavy (non-hydrogen) atoms. The highest BCUT2D eigenvalue weighted by atomic mass is 32.2. The zero-order chi connectivity index (χ0) is 25.9. The Labute approximate surface area is 216 Å². The van der Waals surface area contributed by atoms with E-state index in [2.05, 4.69) is 20.3 Å². The van der Waals surface area contributed by atoms with Gasteiger partial charge < -0.3 is 0 Å². The van der Waals surface area contributed by atoms with E-state index in [9.17, 15) is 25.0 Å². The molecule has 0 saturated heterocycles. The van der Waals surface area contributed by atoms with Gasteiger partial charge in [0.25, 0.3) is 16.6 Å². The summed E-state index contributed by atoms with van der Waals surface area (Å²) in [4.78, 5) is 47.1. The lowest BCUT2D eigenvalue weighted by Gasteiger charge is -2.09. The fourth-order valence-corrected chi connectivity index (χ4v) is 5.20. The molecule has 0 spiro atoms. The molecule has 2 heterocycles. The number of benzene rings is 3. The highest BCUT2D eigenvalue weighted by Gasteiger charge is 2.16. The Morgan fingerprint density at radius 1 is 0.784 bits per heavy atom. The number of fused-ring (bicyclic) bond motifs is 1. The van der Waals surface area contributed by atoms with Crippen LogP contribution < -0.4 is 5.32 Å². The van der Waals surface area contributed by atoms with Gasteiger partial charge in [0.2, 0.25) is 5.95 Å². The number of amides is 1. The summed E-state index contributed by atoms with van der Waals surface area (Å²) in [5.41, 5.74) is 2.57. The van der Waals surface area contributed by atoms with Crippen molar-refractivity contribution in [3.8, 4) is 22.5 Å². The predicted octanol–water partition coefficient (Wildman–Crippen LogP) is 6.56. The number of aromatic nitrogens is 3. The van der Waals surface area contributed by atoms with Crippen molar-refractivity contribution in [1.29, 1.82) is 0 Å². The van der Waals surface area contributed by atoms with Crippen molar-refractivity contribution >= 4 is 55.9 Å². The van der Waals surface area contributed by atoms with Gasteiger partial charge in [0.1, 0.15) is 0 Å². The topological polar surface area (TPSA) is 154 Å². The van der Waals surface area contributed by atoms with E-state index < -0.39 is 15.1 Å². The molecule has 1 N–H and O–H groups in total. The SMILES string of the molecule is O=C(Nc1nc(-c2ccc([N+](=O)[O-])cc2)cc(-c2ccc([N+](=O)[O-])cc2)n1)Sc1nc2ccccc2s1.